The number of aromatic nitrogens is 1. The van der Waals surface area contributed by atoms with Crippen molar-refractivity contribution in [2.24, 2.45) is 11.8 Å². The van der Waals surface area contributed by atoms with Gasteiger partial charge in [-0.05, 0) is 43.1 Å². The Bertz CT molecular complexity index is 805. The number of hydrogen-bond donors (Lipinski definition) is 2. The van der Waals surface area contributed by atoms with Gasteiger partial charge in [-0.2, -0.15) is 0 Å². The number of nitrogens with one attached hydrogen (secondary N) is 1. The molecule has 0 radical (unpaired) electrons. The highest BCUT2D eigenvalue weighted by atomic mass is 32.1. The Kier molecular flexibility index (Phi) is 6.83. The zero-order valence-corrected chi connectivity index (χ0v) is 17.3. The van der Waals surface area contributed by atoms with E-state index in [9.17, 15) is 9.59 Å². The summed E-state index contributed by atoms with van der Waals surface area (Å²) in [7, 11) is 0. The van der Waals surface area contributed by atoms with Crippen LogP contribution >= 0.6 is 11.3 Å². The number of carbonyl (C=O) groups is 2. The molecule has 1 heterocycles. The van der Waals surface area contributed by atoms with Crippen molar-refractivity contribution in [3.63, 3.8) is 0 Å². The zero-order valence-electron chi connectivity index (χ0n) is 16.5. The summed E-state index contributed by atoms with van der Waals surface area (Å²) in [5, 5.41) is 14.9. The summed E-state index contributed by atoms with van der Waals surface area (Å²) in [5.41, 5.74) is 3.17. The van der Waals surface area contributed by atoms with Gasteiger partial charge < -0.3 is 10.4 Å². The summed E-state index contributed by atoms with van der Waals surface area (Å²) in [6.07, 6.45) is 3.43. The van der Waals surface area contributed by atoms with Crippen LogP contribution in [0.1, 0.15) is 56.7 Å². The SMILES string of the molecule is CC(C)c1ccc(-c2nc(CC(=O)NCC3CCC(C(=O)O)CC3)cs2)cc1. The third-order valence-electron chi connectivity index (χ3n) is 5.50. The minimum atomic E-state index is -0.694. The molecule has 0 aliphatic heterocycles. The van der Waals surface area contributed by atoms with Gasteiger partial charge in [-0.3, -0.25) is 9.59 Å². The molecule has 2 N–H and O–H groups in total. The van der Waals surface area contributed by atoms with E-state index in [1.165, 1.54) is 5.56 Å². The third kappa shape index (κ3) is 5.41. The maximum absolute atomic E-state index is 12.3. The Labute approximate surface area is 170 Å². The summed E-state index contributed by atoms with van der Waals surface area (Å²) in [6, 6.07) is 8.44. The number of amides is 1. The predicted molar refractivity (Wildman–Crippen MR) is 111 cm³/mol. The van der Waals surface area contributed by atoms with Crippen LogP contribution in [-0.4, -0.2) is 28.5 Å². The van der Waals surface area contributed by atoms with E-state index in [4.69, 9.17) is 5.11 Å². The van der Waals surface area contributed by atoms with E-state index < -0.39 is 5.97 Å². The average Bonchev–Trinajstić information content (AvgIpc) is 3.15. The van der Waals surface area contributed by atoms with Gasteiger partial charge in [-0.25, -0.2) is 4.98 Å². The molecule has 0 bridgehead atoms. The Morgan fingerprint density at radius 3 is 2.46 bits per heavy atom. The van der Waals surface area contributed by atoms with Crippen molar-refractivity contribution in [3.8, 4) is 10.6 Å². The van der Waals surface area contributed by atoms with Crippen LogP contribution in [0.2, 0.25) is 0 Å². The number of rotatable bonds is 7. The fraction of sp³-hybridized carbons (Fsp3) is 0.500. The van der Waals surface area contributed by atoms with Gasteiger partial charge in [0.05, 0.1) is 18.0 Å². The lowest BCUT2D eigenvalue weighted by atomic mass is 9.82. The van der Waals surface area contributed by atoms with Crippen molar-refractivity contribution in [2.45, 2.75) is 51.9 Å². The number of carbonyl (C=O) groups excluding carboxylic acids is 1. The van der Waals surface area contributed by atoms with Gasteiger partial charge in [0.1, 0.15) is 5.01 Å². The molecule has 0 spiro atoms. The molecule has 0 saturated heterocycles. The number of hydrogen-bond acceptors (Lipinski definition) is 4. The molecule has 5 nitrogen and oxygen atoms in total. The molecule has 28 heavy (non-hydrogen) atoms. The summed E-state index contributed by atoms with van der Waals surface area (Å²) in [5.74, 6) is -0.0446. The van der Waals surface area contributed by atoms with E-state index in [1.54, 1.807) is 11.3 Å². The number of thiazole rings is 1. The van der Waals surface area contributed by atoms with E-state index in [-0.39, 0.29) is 18.2 Å². The minimum absolute atomic E-state index is 0.0210. The van der Waals surface area contributed by atoms with Crippen molar-refractivity contribution in [1.82, 2.24) is 10.3 Å². The normalized spacial score (nSPS) is 19.5. The first kappa shape index (κ1) is 20.5. The number of carboxylic acid groups (broad SMARTS) is 1. The molecule has 1 fully saturated rings. The fourth-order valence-electron chi connectivity index (χ4n) is 3.63. The fourth-order valence-corrected chi connectivity index (χ4v) is 4.46. The van der Waals surface area contributed by atoms with Crippen LogP contribution in [0, 0.1) is 11.8 Å². The largest absolute Gasteiger partial charge is 0.481 e. The second-order valence-corrected chi connectivity index (χ2v) is 8.82. The molecular formula is C22H28N2O3S. The smallest absolute Gasteiger partial charge is 0.306 e. The van der Waals surface area contributed by atoms with Gasteiger partial charge in [0.2, 0.25) is 5.91 Å². The third-order valence-corrected chi connectivity index (χ3v) is 6.44. The first-order chi connectivity index (χ1) is 13.4. The number of nitrogens with zero attached hydrogens (tertiary/aromatic N) is 1. The van der Waals surface area contributed by atoms with Gasteiger partial charge in [0.25, 0.3) is 0 Å². The molecule has 1 aliphatic rings. The summed E-state index contributed by atoms with van der Waals surface area (Å²) < 4.78 is 0. The van der Waals surface area contributed by atoms with Crippen molar-refractivity contribution in [1.29, 1.82) is 0 Å². The van der Waals surface area contributed by atoms with Crippen LogP contribution in [0.4, 0.5) is 0 Å². The second kappa shape index (κ2) is 9.32. The van der Waals surface area contributed by atoms with Crippen molar-refractivity contribution >= 4 is 23.2 Å². The molecule has 1 amide bonds. The van der Waals surface area contributed by atoms with Crippen molar-refractivity contribution < 1.29 is 14.7 Å². The van der Waals surface area contributed by atoms with Crippen LogP contribution in [0.5, 0.6) is 0 Å². The highest BCUT2D eigenvalue weighted by Gasteiger charge is 2.26. The highest BCUT2D eigenvalue weighted by molar-refractivity contribution is 7.13. The molecule has 0 atom stereocenters. The molecule has 2 aromatic rings. The number of aliphatic carboxylic acids is 1. The molecule has 1 aliphatic carbocycles. The summed E-state index contributed by atoms with van der Waals surface area (Å²) in [4.78, 5) is 27.9. The predicted octanol–water partition coefficient (Wildman–Crippen LogP) is 4.48. The Morgan fingerprint density at radius 2 is 1.86 bits per heavy atom. The minimum Gasteiger partial charge on any atom is -0.481 e. The lowest BCUT2D eigenvalue weighted by molar-refractivity contribution is -0.143. The lowest BCUT2D eigenvalue weighted by Crippen LogP contribution is -2.33. The van der Waals surface area contributed by atoms with E-state index >= 15 is 0 Å². The van der Waals surface area contributed by atoms with Crippen LogP contribution < -0.4 is 5.32 Å². The average molecular weight is 401 g/mol. The van der Waals surface area contributed by atoms with Crippen LogP contribution in [0.25, 0.3) is 10.6 Å². The Balaban J connectivity index is 1.47. The molecule has 1 saturated carbocycles. The van der Waals surface area contributed by atoms with Gasteiger partial charge in [-0.1, -0.05) is 38.1 Å². The monoisotopic (exact) mass is 400 g/mol. The maximum Gasteiger partial charge on any atom is 0.306 e. The van der Waals surface area contributed by atoms with Crippen LogP contribution in [0.15, 0.2) is 29.6 Å². The lowest BCUT2D eigenvalue weighted by Gasteiger charge is -2.26. The van der Waals surface area contributed by atoms with Gasteiger partial charge in [-0.15, -0.1) is 11.3 Å². The number of benzene rings is 1. The maximum atomic E-state index is 12.3. The van der Waals surface area contributed by atoms with Crippen LogP contribution in [0.3, 0.4) is 0 Å². The topological polar surface area (TPSA) is 79.3 Å². The van der Waals surface area contributed by atoms with Crippen molar-refractivity contribution in [3.05, 3.63) is 40.9 Å². The summed E-state index contributed by atoms with van der Waals surface area (Å²) in [6.45, 7) is 4.97. The first-order valence-electron chi connectivity index (χ1n) is 9.96. The van der Waals surface area contributed by atoms with E-state index in [1.807, 2.05) is 5.38 Å². The van der Waals surface area contributed by atoms with E-state index in [0.29, 0.717) is 31.2 Å². The molecule has 3 rings (SSSR count). The van der Waals surface area contributed by atoms with Gasteiger partial charge in [0.15, 0.2) is 0 Å². The van der Waals surface area contributed by atoms with Gasteiger partial charge in [0, 0.05) is 17.5 Å². The number of carboxylic acids is 1. The van der Waals surface area contributed by atoms with E-state index in [2.05, 4.69) is 48.4 Å². The molecule has 1 aromatic carbocycles. The Hall–Kier alpha value is -2.21. The molecule has 1 aromatic heterocycles. The zero-order chi connectivity index (χ0) is 20.1. The van der Waals surface area contributed by atoms with E-state index in [0.717, 1.165) is 29.1 Å². The first-order valence-corrected chi connectivity index (χ1v) is 10.8. The van der Waals surface area contributed by atoms with Crippen molar-refractivity contribution in [2.75, 3.05) is 6.54 Å². The highest BCUT2D eigenvalue weighted by Crippen LogP contribution is 2.29. The molecule has 6 heteroatoms. The summed E-state index contributed by atoms with van der Waals surface area (Å²) >= 11 is 1.56. The quantitative estimate of drug-likeness (QED) is 0.718. The molecule has 0 unspecified atom stereocenters. The molecular weight excluding hydrogens is 372 g/mol. The van der Waals surface area contributed by atoms with Crippen LogP contribution in [-0.2, 0) is 16.0 Å². The molecule has 150 valence electrons. The standard InChI is InChI=1S/C22H28N2O3S/c1-14(2)16-7-9-17(10-8-16)21-24-19(13-28-21)11-20(25)23-12-15-3-5-18(6-4-15)22(26)27/h7-10,13-15,18H,3-6,11-12H2,1-2H3,(H,23,25)(H,26,27). The Morgan fingerprint density at radius 1 is 1.18 bits per heavy atom. The second-order valence-electron chi connectivity index (χ2n) is 7.96. The van der Waals surface area contributed by atoms with Gasteiger partial charge >= 0.3 is 5.97 Å².